The van der Waals surface area contributed by atoms with Gasteiger partial charge in [0.05, 0.1) is 11.0 Å². The molecular weight excluding hydrogens is 372 g/mol. The topological polar surface area (TPSA) is 55.2 Å². The average molecular weight is 396 g/mol. The van der Waals surface area contributed by atoms with Gasteiger partial charge >= 0.3 is 0 Å². The van der Waals surface area contributed by atoms with Crippen molar-refractivity contribution in [2.24, 2.45) is 17.8 Å². The van der Waals surface area contributed by atoms with Gasteiger partial charge in [0.2, 0.25) is 0 Å². The molecule has 0 saturated heterocycles. The predicted molar refractivity (Wildman–Crippen MR) is 118 cm³/mol. The van der Waals surface area contributed by atoms with Gasteiger partial charge in [-0.3, -0.25) is 10.1 Å². The Hall–Kier alpha value is -2.88. The number of hydrogen-bond donors (Lipinski definition) is 1. The van der Waals surface area contributed by atoms with E-state index in [-0.39, 0.29) is 16.7 Å². The highest BCUT2D eigenvalue weighted by molar-refractivity contribution is 5.94. The van der Waals surface area contributed by atoms with E-state index in [0.717, 1.165) is 18.5 Å². The van der Waals surface area contributed by atoms with Crippen molar-refractivity contribution >= 4 is 22.1 Å². The van der Waals surface area contributed by atoms with E-state index in [9.17, 15) is 10.1 Å². The Balaban J connectivity index is 1.43. The lowest BCUT2D eigenvalue weighted by molar-refractivity contribution is -0.384. The van der Waals surface area contributed by atoms with Gasteiger partial charge in [-0.15, -0.1) is 0 Å². The van der Waals surface area contributed by atoms with Crippen molar-refractivity contribution < 1.29 is 4.92 Å². The minimum absolute atomic E-state index is 0.223. The van der Waals surface area contributed by atoms with Crippen molar-refractivity contribution in [3.63, 3.8) is 0 Å². The first kappa shape index (κ1) is 16.9. The highest BCUT2D eigenvalue weighted by Crippen LogP contribution is 2.64. The molecule has 4 aliphatic rings. The van der Waals surface area contributed by atoms with Crippen LogP contribution < -0.4 is 5.32 Å². The van der Waals surface area contributed by atoms with Crippen molar-refractivity contribution in [2.45, 2.75) is 44.1 Å². The summed E-state index contributed by atoms with van der Waals surface area (Å²) in [6.45, 7) is 0. The second kappa shape index (κ2) is 5.84. The molecule has 4 nitrogen and oxygen atoms in total. The lowest BCUT2D eigenvalue weighted by Gasteiger charge is -2.43. The van der Waals surface area contributed by atoms with E-state index < -0.39 is 0 Å². The highest BCUT2D eigenvalue weighted by atomic mass is 16.6. The second-order valence-electron chi connectivity index (χ2n) is 9.74. The predicted octanol–water partition coefficient (Wildman–Crippen LogP) is 6.14. The van der Waals surface area contributed by atoms with E-state index in [0.29, 0.717) is 23.7 Å². The summed E-state index contributed by atoms with van der Waals surface area (Å²) in [5.74, 6) is 2.35. The Morgan fingerprint density at radius 1 is 0.933 bits per heavy atom. The average Bonchev–Trinajstić information content (AvgIpc) is 3.49. The van der Waals surface area contributed by atoms with Gasteiger partial charge < -0.3 is 5.32 Å². The van der Waals surface area contributed by atoms with Crippen molar-refractivity contribution in [2.75, 3.05) is 5.32 Å². The first-order valence-corrected chi connectivity index (χ1v) is 11.3. The van der Waals surface area contributed by atoms with Crippen LogP contribution in [-0.2, 0) is 12.8 Å². The molecular formula is C26H24N2O2. The van der Waals surface area contributed by atoms with Crippen molar-refractivity contribution in [1.82, 2.24) is 0 Å². The normalized spacial score (nSPS) is 30.2. The van der Waals surface area contributed by atoms with Crippen LogP contribution >= 0.6 is 0 Å². The zero-order valence-electron chi connectivity index (χ0n) is 16.8. The van der Waals surface area contributed by atoms with E-state index in [1.807, 2.05) is 12.1 Å². The largest absolute Gasteiger partial charge is 0.378 e. The number of fused-ring (bicyclic) bond motifs is 7. The van der Waals surface area contributed by atoms with E-state index in [1.165, 1.54) is 52.3 Å². The molecule has 1 aliphatic heterocycles. The van der Waals surface area contributed by atoms with Crippen LogP contribution in [0.15, 0.2) is 48.5 Å². The third-order valence-electron chi connectivity index (χ3n) is 8.53. The van der Waals surface area contributed by atoms with E-state index >= 15 is 0 Å². The van der Waals surface area contributed by atoms with Gasteiger partial charge in [-0.2, -0.15) is 0 Å². The third-order valence-corrected chi connectivity index (χ3v) is 8.53. The number of nitrogens with zero attached hydrogens (tertiary/aromatic N) is 1. The summed E-state index contributed by atoms with van der Waals surface area (Å²) in [6, 6.07) is 17.3. The van der Waals surface area contributed by atoms with Gasteiger partial charge in [0.15, 0.2) is 0 Å². The maximum absolute atomic E-state index is 11.4. The Morgan fingerprint density at radius 3 is 2.63 bits per heavy atom. The summed E-state index contributed by atoms with van der Waals surface area (Å²) >= 11 is 0. The number of nitro benzene ring substituents is 1. The molecule has 3 aromatic rings. The minimum atomic E-state index is -0.252. The first-order chi connectivity index (χ1) is 14.7. The molecule has 7 rings (SSSR count). The van der Waals surface area contributed by atoms with Crippen LogP contribution in [-0.4, -0.2) is 4.92 Å². The maximum Gasteiger partial charge on any atom is 0.269 e. The van der Waals surface area contributed by atoms with E-state index in [4.69, 9.17) is 0 Å². The molecule has 150 valence electrons. The number of anilines is 1. The number of non-ortho nitro benzene ring substituents is 1. The van der Waals surface area contributed by atoms with Crippen molar-refractivity contribution in [1.29, 1.82) is 0 Å². The monoisotopic (exact) mass is 396 g/mol. The van der Waals surface area contributed by atoms with Crippen LogP contribution in [0.1, 0.15) is 53.5 Å². The smallest absolute Gasteiger partial charge is 0.269 e. The fourth-order valence-corrected chi connectivity index (χ4v) is 7.44. The number of hydrogen-bond acceptors (Lipinski definition) is 3. The molecule has 2 bridgehead atoms. The lowest BCUT2D eigenvalue weighted by atomic mass is 9.67. The van der Waals surface area contributed by atoms with Gasteiger partial charge in [0, 0.05) is 17.8 Å². The lowest BCUT2D eigenvalue weighted by Crippen LogP contribution is -2.35. The molecule has 0 radical (unpaired) electrons. The molecule has 2 fully saturated rings. The fraction of sp³-hybridized carbons (Fsp3) is 0.385. The summed E-state index contributed by atoms with van der Waals surface area (Å²) in [5, 5.41) is 18.2. The molecule has 3 aromatic carbocycles. The molecule has 2 saturated carbocycles. The van der Waals surface area contributed by atoms with Gasteiger partial charge in [-0.05, 0) is 94.9 Å². The molecule has 4 heteroatoms. The molecule has 0 unspecified atom stereocenters. The van der Waals surface area contributed by atoms with Crippen LogP contribution in [0.25, 0.3) is 10.8 Å². The second-order valence-corrected chi connectivity index (χ2v) is 9.74. The summed E-state index contributed by atoms with van der Waals surface area (Å²) in [4.78, 5) is 11.2. The number of aryl methyl sites for hydroxylation is 2. The Kier molecular flexibility index (Phi) is 3.28. The molecule has 3 aliphatic carbocycles. The molecule has 30 heavy (non-hydrogen) atoms. The van der Waals surface area contributed by atoms with Gasteiger partial charge in [0.1, 0.15) is 0 Å². The zero-order chi connectivity index (χ0) is 20.0. The zero-order valence-corrected chi connectivity index (χ0v) is 16.8. The Labute approximate surface area is 175 Å². The number of nitro groups is 1. The van der Waals surface area contributed by atoms with Crippen LogP contribution in [0.4, 0.5) is 11.4 Å². The van der Waals surface area contributed by atoms with E-state index in [1.54, 1.807) is 6.07 Å². The number of rotatable bonds is 2. The van der Waals surface area contributed by atoms with Gasteiger partial charge in [-0.1, -0.05) is 30.3 Å². The molecule has 5 atom stereocenters. The summed E-state index contributed by atoms with van der Waals surface area (Å²) in [5.41, 5.74) is 6.90. The summed E-state index contributed by atoms with van der Waals surface area (Å²) in [7, 11) is 0. The quantitative estimate of drug-likeness (QED) is 0.418. The summed E-state index contributed by atoms with van der Waals surface area (Å²) in [6.07, 6.45) is 6.14. The molecule has 0 spiro atoms. The molecule has 0 amide bonds. The Bertz CT molecular complexity index is 1220. The van der Waals surface area contributed by atoms with Crippen LogP contribution in [0.2, 0.25) is 0 Å². The molecule has 1 heterocycles. The first-order valence-electron chi connectivity index (χ1n) is 11.3. The van der Waals surface area contributed by atoms with E-state index in [2.05, 4.69) is 35.6 Å². The Morgan fingerprint density at radius 2 is 1.77 bits per heavy atom. The van der Waals surface area contributed by atoms with Crippen molar-refractivity contribution in [3.05, 3.63) is 80.9 Å². The fourth-order valence-electron chi connectivity index (χ4n) is 7.44. The van der Waals surface area contributed by atoms with Crippen LogP contribution in [0.3, 0.4) is 0 Å². The van der Waals surface area contributed by atoms with Gasteiger partial charge in [0.25, 0.3) is 5.69 Å². The van der Waals surface area contributed by atoms with Gasteiger partial charge in [-0.25, -0.2) is 0 Å². The summed E-state index contributed by atoms with van der Waals surface area (Å²) < 4.78 is 0. The third kappa shape index (κ3) is 2.12. The van der Waals surface area contributed by atoms with Crippen molar-refractivity contribution in [3.8, 4) is 0 Å². The SMILES string of the molecule is O=[N+]([O-])c1ccc2c(c1)[C@@H]1[C@H]3CC[C@@H](C3)[C@H]1[C@@H](c1ccc3c4c(cccc14)CC3)N2. The number of nitrogens with one attached hydrogen (secondary N) is 1. The standard InChI is InChI=1S/C26H24N2O2/c29-28(30)18-9-11-22-21(13-18)24-16-6-7-17(12-16)25(24)26(27-22)20-10-8-15-5-4-14-2-1-3-19(20)23(14)15/h1-3,8-11,13,16-17,24-27H,4-7,12H2/t16-,17-,24-,25+,26+/m0/s1. The number of benzene rings is 3. The highest BCUT2D eigenvalue weighted by Gasteiger charge is 2.54. The molecule has 1 N–H and O–H groups in total. The minimum Gasteiger partial charge on any atom is -0.378 e. The van der Waals surface area contributed by atoms with Crippen LogP contribution in [0, 0.1) is 27.9 Å². The maximum atomic E-state index is 11.4. The van der Waals surface area contributed by atoms with Crippen LogP contribution in [0.5, 0.6) is 0 Å². The molecule has 0 aromatic heterocycles.